The fourth-order valence-electron chi connectivity index (χ4n) is 5.29. The molecule has 4 aromatic rings. The fourth-order valence-corrected chi connectivity index (χ4v) is 6.09. The number of amides is 2. The van der Waals surface area contributed by atoms with Crippen LogP contribution in [0.3, 0.4) is 0 Å². The normalized spacial score (nSPS) is 18.3. The number of carbonyl (C=O) groups is 2. The molecule has 0 bridgehead atoms. The molecule has 2 atom stereocenters. The van der Waals surface area contributed by atoms with Crippen LogP contribution in [0.5, 0.6) is 0 Å². The van der Waals surface area contributed by atoms with Gasteiger partial charge in [-0.05, 0) is 49.6 Å². The van der Waals surface area contributed by atoms with Gasteiger partial charge in [0.05, 0.1) is 41.3 Å². The largest absolute Gasteiger partial charge is 0.447 e. The number of hydrogen-bond acceptors (Lipinski definition) is 9. The summed E-state index contributed by atoms with van der Waals surface area (Å²) >= 11 is 1.18. The van der Waals surface area contributed by atoms with Crippen molar-refractivity contribution in [1.29, 1.82) is 5.26 Å². The fraction of sp³-hybridized carbons (Fsp3) is 0.286. The summed E-state index contributed by atoms with van der Waals surface area (Å²) < 4.78 is 6.83. The second kappa shape index (κ2) is 10.1. The first-order valence-corrected chi connectivity index (χ1v) is 13.6. The lowest BCUT2D eigenvalue weighted by Crippen LogP contribution is -2.45. The molecule has 0 radical (unpaired) electrons. The quantitative estimate of drug-likeness (QED) is 0.367. The molecule has 0 aliphatic carbocycles. The third-order valence-corrected chi connectivity index (χ3v) is 8.44. The summed E-state index contributed by atoms with van der Waals surface area (Å²) in [6.45, 7) is 3.03. The summed E-state index contributed by atoms with van der Waals surface area (Å²) in [5.41, 5.74) is 8.63. The van der Waals surface area contributed by atoms with E-state index in [0.29, 0.717) is 76.0 Å². The van der Waals surface area contributed by atoms with Gasteiger partial charge in [-0.3, -0.25) is 14.2 Å². The number of primary amides is 1. The van der Waals surface area contributed by atoms with Gasteiger partial charge in [0.25, 0.3) is 11.5 Å². The van der Waals surface area contributed by atoms with Crippen LogP contribution in [0.1, 0.15) is 39.5 Å². The Morgan fingerprint density at radius 3 is 2.80 bits per heavy atom. The Balaban J connectivity index is 1.41. The molecule has 4 heterocycles. The highest BCUT2D eigenvalue weighted by atomic mass is 32.1. The Kier molecular flexibility index (Phi) is 6.43. The highest BCUT2D eigenvalue weighted by Crippen LogP contribution is 2.36. The monoisotopic (exact) mass is 555 g/mol. The number of thiazole rings is 1. The van der Waals surface area contributed by atoms with Crippen LogP contribution in [0, 0.1) is 18.3 Å². The van der Waals surface area contributed by atoms with Crippen molar-refractivity contribution < 1.29 is 14.3 Å². The first-order chi connectivity index (χ1) is 19.3. The Morgan fingerprint density at radius 2 is 2.08 bits per heavy atom. The third-order valence-electron chi connectivity index (χ3n) is 7.40. The van der Waals surface area contributed by atoms with Crippen LogP contribution >= 0.6 is 11.3 Å². The number of anilines is 1. The molecule has 2 saturated heterocycles. The van der Waals surface area contributed by atoms with Crippen LogP contribution in [0.25, 0.3) is 21.5 Å². The molecule has 2 amide bonds. The molecule has 11 nitrogen and oxygen atoms in total. The smallest absolute Gasteiger partial charge is 0.410 e. The lowest BCUT2D eigenvalue weighted by atomic mass is 9.97. The zero-order valence-corrected chi connectivity index (χ0v) is 22.4. The number of aryl methyl sites for hydroxylation is 1. The van der Waals surface area contributed by atoms with E-state index in [0.717, 1.165) is 5.56 Å². The van der Waals surface area contributed by atoms with Crippen LogP contribution in [-0.4, -0.2) is 56.7 Å². The average molecular weight is 556 g/mol. The van der Waals surface area contributed by atoms with Crippen molar-refractivity contribution in [2.45, 2.75) is 38.4 Å². The number of nitriles is 1. The van der Waals surface area contributed by atoms with Gasteiger partial charge in [0, 0.05) is 23.8 Å². The molecular formula is C28H25N7O4S. The highest BCUT2D eigenvalue weighted by Gasteiger charge is 2.38. The van der Waals surface area contributed by atoms with Crippen molar-refractivity contribution in [3.63, 3.8) is 0 Å². The Hall–Kier alpha value is -4.76. The molecule has 202 valence electrons. The van der Waals surface area contributed by atoms with E-state index in [4.69, 9.17) is 20.7 Å². The van der Waals surface area contributed by atoms with Crippen molar-refractivity contribution in [2.24, 2.45) is 5.73 Å². The van der Waals surface area contributed by atoms with E-state index in [2.05, 4.69) is 16.4 Å². The number of ether oxygens (including phenoxy) is 1. The lowest BCUT2D eigenvalue weighted by molar-refractivity contribution is 0.100. The number of carbonyl (C=O) groups excluding carboxylic acids is 2. The van der Waals surface area contributed by atoms with Crippen LogP contribution < -0.4 is 16.6 Å². The molecule has 2 aromatic carbocycles. The molecule has 0 unspecified atom stereocenters. The number of cyclic esters (lactones) is 1. The van der Waals surface area contributed by atoms with Gasteiger partial charge in [0.15, 0.2) is 0 Å². The molecule has 2 fully saturated rings. The van der Waals surface area contributed by atoms with Crippen LogP contribution in [0.4, 0.5) is 10.5 Å². The minimum absolute atomic E-state index is 0.00190. The van der Waals surface area contributed by atoms with Crippen molar-refractivity contribution >= 4 is 39.9 Å². The molecule has 2 aliphatic rings. The van der Waals surface area contributed by atoms with E-state index in [1.807, 2.05) is 18.2 Å². The number of aromatic nitrogens is 3. The molecule has 2 aromatic heterocycles. The number of nitrogens with one attached hydrogen (secondary N) is 1. The van der Waals surface area contributed by atoms with Crippen LogP contribution in [0.15, 0.2) is 47.4 Å². The zero-order valence-electron chi connectivity index (χ0n) is 21.6. The number of nitrogens with two attached hydrogens (primary N) is 1. The number of hydrogen-bond donors (Lipinski definition) is 2. The summed E-state index contributed by atoms with van der Waals surface area (Å²) in [5.74, 6) is -0.0132. The topological polar surface area (TPSA) is 156 Å². The average Bonchev–Trinajstić information content (AvgIpc) is 3.59. The third kappa shape index (κ3) is 4.65. The van der Waals surface area contributed by atoms with Gasteiger partial charge in [-0.1, -0.05) is 12.1 Å². The van der Waals surface area contributed by atoms with E-state index >= 15 is 0 Å². The predicted octanol–water partition coefficient (Wildman–Crippen LogP) is 3.24. The molecule has 40 heavy (non-hydrogen) atoms. The molecule has 0 saturated carbocycles. The standard InChI is InChI=1S/C28H25N7O4S/c1-15-32-23-9-20(26-31-12-24(40-26)25(30)36)22(33-18-6-7-34-19(8-18)14-39-28(34)38)10-21(23)27(37)35(15)13-17-4-2-16(11-29)3-5-17/h2-5,9-10,12,18-19,33H,6-8,13-14H2,1H3,(H2,30,36)/t18-,19-/m0/s1. The summed E-state index contributed by atoms with van der Waals surface area (Å²) in [4.78, 5) is 48.7. The summed E-state index contributed by atoms with van der Waals surface area (Å²) in [7, 11) is 0. The maximum Gasteiger partial charge on any atom is 0.410 e. The predicted molar refractivity (Wildman–Crippen MR) is 149 cm³/mol. The van der Waals surface area contributed by atoms with Gasteiger partial charge in [0.1, 0.15) is 22.3 Å². The lowest BCUT2D eigenvalue weighted by Gasteiger charge is -2.33. The van der Waals surface area contributed by atoms with Crippen LogP contribution in [-0.2, 0) is 11.3 Å². The first-order valence-electron chi connectivity index (χ1n) is 12.8. The highest BCUT2D eigenvalue weighted by molar-refractivity contribution is 7.17. The second-order valence-corrected chi connectivity index (χ2v) is 11.0. The van der Waals surface area contributed by atoms with Gasteiger partial charge in [-0.25, -0.2) is 14.8 Å². The summed E-state index contributed by atoms with van der Waals surface area (Å²) in [6.07, 6.45) is 2.58. The van der Waals surface area contributed by atoms with Crippen molar-refractivity contribution in [1.82, 2.24) is 19.4 Å². The molecular weight excluding hydrogens is 530 g/mol. The van der Waals surface area contributed by atoms with E-state index in [1.165, 1.54) is 17.5 Å². The van der Waals surface area contributed by atoms with E-state index in [9.17, 15) is 14.4 Å². The van der Waals surface area contributed by atoms with Gasteiger partial charge in [-0.15, -0.1) is 11.3 Å². The number of rotatable bonds is 6. The maximum atomic E-state index is 13.8. The van der Waals surface area contributed by atoms with Gasteiger partial charge in [0.2, 0.25) is 0 Å². The summed E-state index contributed by atoms with van der Waals surface area (Å²) in [6, 6.07) is 12.8. The van der Waals surface area contributed by atoms with Crippen molar-refractivity contribution in [2.75, 3.05) is 18.5 Å². The van der Waals surface area contributed by atoms with Crippen molar-refractivity contribution in [3.05, 3.63) is 74.8 Å². The van der Waals surface area contributed by atoms with Crippen LogP contribution in [0.2, 0.25) is 0 Å². The molecule has 2 aliphatic heterocycles. The molecule has 0 spiro atoms. The number of fused-ring (bicyclic) bond motifs is 2. The zero-order chi connectivity index (χ0) is 28.0. The van der Waals surface area contributed by atoms with Gasteiger partial charge in [-0.2, -0.15) is 5.26 Å². The second-order valence-electron chi connectivity index (χ2n) is 9.96. The minimum Gasteiger partial charge on any atom is -0.447 e. The number of benzene rings is 2. The number of nitrogens with zero attached hydrogens (tertiary/aromatic N) is 5. The summed E-state index contributed by atoms with van der Waals surface area (Å²) in [5, 5.41) is 13.7. The van der Waals surface area contributed by atoms with Gasteiger partial charge >= 0.3 is 6.09 Å². The number of piperidine rings is 1. The van der Waals surface area contributed by atoms with Gasteiger partial charge < -0.3 is 20.7 Å². The Bertz CT molecular complexity index is 1760. The van der Waals surface area contributed by atoms with Crippen molar-refractivity contribution in [3.8, 4) is 16.6 Å². The SMILES string of the molecule is Cc1nc2cc(-c3ncc(C(N)=O)s3)c(N[C@H]3CCN4C(=O)OC[C@@H]4C3)cc2c(=O)n1Cc1ccc(C#N)cc1. The maximum absolute atomic E-state index is 13.8. The molecule has 6 rings (SSSR count). The first kappa shape index (κ1) is 25.5. The minimum atomic E-state index is -0.558. The Labute approximate surface area is 232 Å². The molecule has 12 heteroatoms. The van der Waals surface area contributed by atoms with E-state index in [1.54, 1.807) is 34.6 Å². The Morgan fingerprint density at radius 1 is 1.27 bits per heavy atom. The molecule has 3 N–H and O–H groups in total. The van der Waals surface area contributed by atoms with E-state index < -0.39 is 5.91 Å². The van der Waals surface area contributed by atoms with E-state index in [-0.39, 0.29) is 23.7 Å².